The van der Waals surface area contributed by atoms with Crippen LogP contribution in [0.15, 0.2) is 12.2 Å². The van der Waals surface area contributed by atoms with E-state index in [4.69, 9.17) is 44.1 Å². The zero-order valence-electron chi connectivity index (χ0n) is 35.3. The molecule has 0 aromatic rings. The van der Waals surface area contributed by atoms with Gasteiger partial charge in [-0.25, -0.2) is 0 Å². The van der Waals surface area contributed by atoms with E-state index in [0.717, 1.165) is 4.90 Å². The van der Waals surface area contributed by atoms with Gasteiger partial charge in [0.2, 0.25) is 0 Å². The molecule has 346 valence electrons. The van der Waals surface area contributed by atoms with E-state index < -0.39 is 61.3 Å². The number of carboxylic acids is 1. The van der Waals surface area contributed by atoms with Crippen LogP contribution < -0.4 is 10.8 Å². The molecule has 0 aromatic carbocycles. The highest BCUT2D eigenvalue weighted by atomic mass is 79.9. The van der Waals surface area contributed by atoms with Gasteiger partial charge in [-0.3, -0.25) is 38.5 Å². The third-order valence-corrected chi connectivity index (χ3v) is 9.16. The summed E-state index contributed by atoms with van der Waals surface area (Å²) in [5.41, 5.74) is 3.61. The third-order valence-electron chi connectivity index (χ3n) is 7.96. The summed E-state index contributed by atoms with van der Waals surface area (Å²) in [5.74, 6) is -5.59. The van der Waals surface area contributed by atoms with Crippen molar-refractivity contribution in [3.63, 3.8) is 0 Å². The molecule has 2 unspecified atom stereocenters. The van der Waals surface area contributed by atoms with Crippen LogP contribution in [0.1, 0.15) is 86.5 Å². The molecule has 0 aliphatic carbocycles. The van der Waals surface area contributed by atoms with Gasteiger partial charge in [0.25, 0.3) is 11.8 Å². The second kappa shape index (κ2) is 28.2. The van der Waals surface area contributed by atoms with Gasteiger partial charge in [-0.2, -0.15) is 13.2 Å². The molecule has 0 saturated heterocycles. The van der Waals surface area contributed by atoms with E-state index in [1.165, 1.54) is 26.4 Å². The fraction of sp³-hybridized carbons (Fsp3) is 0.737. The summed E-state index contributed by atoms with van der Waals surface area (Å²) in [4.78, 5) is 93.4. The predicted octanol–water partition coefficient (Wildman–Crippen LogP) is 3.28. The van der Waals surface area contributed by atoms with Gasteiger partial charge in [-0.15, -0.1) is 0 Å². The number of alkyl halides is 5. The Morgan fingerprint density at radius 2 is 1.00 bits per heavy atom. The molecule has 0 radical (unpaired) electrons. The monoisotopic (exact) mass is 997 g/mol. The smallest absolute Gasteiger partial charge is 0.430 e. The number of ketones is 1. The van der Waals surface area contributed by atoms with Crippen molar-refractivity contribution in [1.29, 1.82) is 0 Å². The van der Waals surface area contributed by atoms with Gasteiger partial charge in [0.1, 0.15) is 33.6 Å². The molecule has 1 aliphatic heterocycles. The summed E-state index contributed by atoms with van der Waals surface area (Å²) in [6.45, 7) is 12.1. The van der Waals surface area contributed by atoms with Crippen LogP contribution >= 0.6 is 31.9 Å². The van der Waals surface area contributed by atoms with Gasteiger partial charge in [-0.05, 0) is 80.2 Å². The molecule has 0 fully saturated rings. The maximum atomic E-state index is 12.5. The fourth-order valence-corrected chi connectivity index (χ4v) is 6.56. The normalized spacial score (nSPS) is 14.7. The van der Waals surface area contributed by atoms with E-state index in [-0.39, 0.29) is 77.0 Å². The highest BCUT2D eigenvalue weighted by Crippen LogP contribution is 2.37. The average Bonchev–Trinajstić information content (AvgIpc) is 3.45. The molecule has 1 rings (SSSR count). The molecule has 60 heavy (non-hydrogen) atoms. The van der Waals surface area contributed by atoms with E-state index in [0.29, 0.717) is 32.4 Å². The average molecular weight is 1000 g/mol. The van der Waals surface area contributed by atoms with E-state index in [2.05, 4.69) is 31.9 Å². The number of amides is 2. The number of Topliss-reactive ketones (excluding diaryl/α,β-unsaturated/α-hetero) is 1. The number of nitrogens with zero attached hydrogens (tertiary/aromatic N) is 1. The Labute approximate surface area is 365 Å². The lowest BCUT2D eigenvalue weighted by Gasteiger charge is -2.30. The molecule has 0 aromatic heterocycles. The van der Waals surface area contributed by atoms with Gasteiger partial charge < -0.3 is 44.1 Å². The molecular weight excluding hydrogens is 941 g/mol. The van der Waals surface area contributed by atoms with Crippen LogP contribution in [0, 0.1) is 10.8 Å². The van der Waals surface area contributed by atoms with Crippen molar-refractivity contribution in [2.45, 2.75) is 101 Å². The van der Waals surface area contributed by atoms with Gasteiger partial charge in [0, 0.05) is 45.8 Å². The zero-order valence-corrected chi connectivity index (χ0v) is 38.5. The van der Waals surface area contributed by atoms with Crippen LogP contribution in [0.4, 0.5) is 13.2 Å². The number of hydrogen-bond donors (Lipinski definition) is 1. The summed E-state index contributed by atoms with van der Waals surface area (Å²) in [6.07, 6.45) is -0.369. The third kappa shape index (κ3) is 24.7. The van der Waals surface area contributed by atoms with Gasteiger partial charge in [0.15, 0.2) is 0 Å². The summed E-state index contributed by atoms with van der Waals surface area (Å²) < 4.78 is 59.9. The van der Waals surface area contributed by atoms with Crippen LogP contribution in [-0.2, 0) is 66.8 Å². The molecule has 2 atom stereocenters. The number of ether oxygens (including phenoxy) is 6. The summed E-state index contributed by atoms with van der Waals surface area (Å²) >= 11 is 6.69. The molecule has 0 bridgehead atoms. The first-order chi connectivity index (χ1) is 27.5. The Bertz CT molecular complexity index is 1420. The van der Waals surface area contributed by atoms with Crippen molar-refractivity contribution in [1.82, 2.24) is 4.90 Å². The Morgan fingerprint density at radius 3 is 1.35 bits per heavy atom. The maximum Gasteiger partial charge on any atom is 0.430 e. The lowest BCUT2D eigenvalue weighted by molar-refractivity contribution is -0.344. The van der Waals surface area contributed by atoms with Crippen LogP contribution in [0.3, 0.4) is 0 Å². The number of hydrogen-bond acceptors (Lipinski definition) is 16. The van der Waals surface area contributed by atoms with E-state index in [9.17, 15) is 46.7 Å². The zero-order chi connectivity index (χ0) is 47.0. The number of methoxy groups -OCH3 is 2. The minimum Gasteiger partial charge on any atom is -0.542 e. The largest absolute Gasteiger partial charge is 0.542 e. The maximum absolute atomic E-state index is 12.5. The quantitative estimate of drug-likeness (QED) is 0.0454. The number of esters is 4. The molecule has 2 N–H and O–H groups in total. The number of carbonyl (C=O) groups is 8. The number of unbranched alkanes of at least 4 members (excludes halogenated alkanes) is 1. The standard InChI is InChI=1S/C22H32BrNO8.C14H26BrNO5.C2HF3O2/c1-21(2,15-22(3,23)20(29)32-14-13-30-4)19(28)31-12-6-5-7-16(25)10-11-24-17(26)8-9-18(24)27;1-13(2,11(17)20-7-5-6-16)10-14(3,15)12(18)21-9-8-19-4;3-2(4,5)1(6)7/h8-9H,5-7,10-15H2,1-4H3;5-10,16H2,1-4H3;(H,6,7)/p-1. The number of imide groups is 1. The Morgan fingerprint density at radius 1 is 0.633 bits per heavy atom. The summed E-state index contributed by atoms with van der Waals surface area (Å²) in [6, 6.07) is 0. The Kier molecular flexibility index (Phi) is 27.5. The van der Waals surface area contributed by atoms with Crippen molar-refractivity contribution < 1.29 is 85.1 Å². The molecule has 0 spiro atoms. The highest BCUT2D eigenvalue weighted by Gasteiger charge is 2.43. The van der Waals surface area contributed by atoms with Crippen LogP contribution in [0.25, 0.3) is 0 Å². The molecule has 17 nitrogen and oxygen atoms in total. The first-order valence-corrected chi connectivity index (χ1v) is 20.2. The molecule has 22 heteroatoms. The highest BCUT2D eigenvalue weighted by molar-refractivity contribution is 9.10. The SMILES string of the molecule is COCCOC(=O)C(C)(Br)CC(C)(C)C(=O)OCCCCC(=O)CCN1C(=O)C=CC1=O.COCCOC(=O)C(C)(Br)CC(C)(C)C(=O)OCCCN.O=C([O-])C(F)(F)F. The van der Waals surface area contributed by atoms with Crippen molar-refractivity contribution >= 4 is 79.3 Å². The van der Waals surface area contributed by atoms with Crippen LogP contribution in [-0.4, -0.2) is 134 Å². The second-order valence-electron chi connectivity index (χ2n) is 14.9. The van der Waals surface area contributed by atoms with Crippen molar-refractivity contribution in [3.8, 4) is 0 Å². The van der Waals surface area contributed by atoms with E-state index >= 15 is 0 Å². The number of halogens is 5. The molecular formula is C38H58Br2F3N2O15-. The van der Waals surface area contributed by atoms with Crippen molar-refractivity contribution in [2.24, 2.45) is 16.6 Å². The lowest BCUT2D eigenvalue weighted by atomic mass is 9.83. The van der Waals surface area contributed by atoms with Gasteiger partial charge >= 0.3 is 30.1 Å². The second-order valence-corrected chi connectivity index (χ2v) is 18.4. The number of carbonyl (C=O) groups excluding carboxylic acids is 8. The first-order valence-electron chi connectivity index (χ1n) is 18.6. The summed E-state index contributed by atoms with van der Waals surface area (Å²) in [7, 11) is 3.04. The predicted molar refractivity (Wildman–Crippen MR) is 213 cm³/mol. The number of carboxylic acid groups (broad SMARTS) is 1. The summed E-state index contributed by atoms with van der Waals surface area (Å²) in [5, 5.41) is 8.78. The Hall–Kier alpha value is -3.47. The topological polar surface area (TPSA) is 244 Å². The minimum atomic E-state index is -5.19. The lowest BCUT2D eigenvalue weighted by Crippen LogP contribution is -2.40. The number of nitrogens with two attached hydrogens (primary N) is 1. The van der Waals surface area contributed by atoms with Gasteiger partial charge in [0.05, 0.1) is 37.3 Å². The number of aliphatic carboxylic acids is 1. The van der Waals surface area contributed by atoms with Gasteiger partial charge in [-0.1, -0.05) is 31.9 Å². The molecule has 0 saturated carbocycles. The fourth-order valence-electron chi connectivity index (χ4n) is 4.93. The molecule has 1 aliphatic rings. The van der Waals surface area contributed by atoms with E-state index in [1.54, 1.807) is 41.5 Å². The molecule has 2 amide bonds. The first kappa shape index (κ1) is 58.6. The van der Waals surface area contributed by atoms with E-state index in [1.807, 2.05) is 0 Å². The van der Waals surface area contributed by atoms with Crippen molar-refractivity contribution in [2.75, 3.05) is 67.0 Å². The molecule has 1 heterocycles. The minimum absolute atomic E-state index is 0.0637. The van der Waals surface area contributed by atoms with Crippen LogP contribution in [0.5, 0.6) is 0 Å². The van der Waals surface area contributed by atoms with Crippen molar-refractivity contribution in [3.05, 3.63) is 12.2 Å². The number of rotatable bonds is 25. The van der Waals surface area contributed by atoms with Crippen LogP contribution in [0.2, 0.25) is 0 Å². The Balaban J connectivity index is 0.